The number of amides is 2. The molecule has 1 N–H and O–H groups in total. The van der Waals surface area contributed by atoms with Gasteiger partial charge in [0.1, 0.15) is 40.7 Å². The van der Waals surface area contributed by atoms with Crippen molar-refractivity contribution in [1.82, 2.24) is 29.6 Å². The van der Waals surface area contributed by atoms with Gasteiger partial charge in [-0.2, -0.15) is 5.10 Å². The van der Waals surface area contributed by atoms with E-state index >= 15 is 0 Å². The number of nitrogens with zero attached hydrogens (tertiary/aromatic N) is 6. The Bertz CT molecular complexity index is 1560. The second-order valence-electron chi connectivity index (χ2n) is 9.04. The van der Waals surface area contributed by atoms with E-state index in [0.29, 0.717) is 21.3 Å². The Hall–Kier alpha value is -4.06. The number of benzene rings is 1. The molecule has 0 saturated carbocycles. The average Bonchev–Trinajstić information content (AvgIpc) is 3.45. The van der Waals surface area contributed by atoms with Crippen molar-refractivity contribution >= 4 is 50.2 Å². The molecule has 2 unspecified atom stereocenters. The Morgan fingerprint density at radius 2 is 1.89 bits per heavy atom. The molecular formula is C26H23BrFN7O3. The summed E-state index contributed by atoms with van der Waals surface area (Å²) in [5, 5.41) is 7.62. The number of aromatic nitrogens is 5. The first-order valence-electron chi connectivity index (χ1n) is 11.9. The monoisotopic (exact) mass is 579 g/mol. The molecular weight excluding hydrogens is 557 g/mol. The molecule has 2 atom stereocenters. The predicted molar refractivity (Wildman–Crippen MR) is 141 cm³/mol. The number of anilines is 1. The van der Waals surface area contributed by atoms with E-state index in [1.54, 1.807) is 43.6 Å². The van der Waals surface area contributed by atoms with Gasteiger partial charge in [0, 0.05) is 36.7 Å². The topological polar surface area (TPSA) is 123 Å². The number of fused-ring (bicyclic) bond motifs is 1. The minimum atomic E-state index is -1.34. The van der Waals surface area contributed by atoms with Gasteiger partial charge in [-0.05, 0) is 52.7 Å². The number of Topliss-reactive ketones (excluding diaryl/α,β-unsaturated/α-hetero) is 1. The van der Waals surface area contributed by atoms with Crippen LogP contribution in [0, 0.1) is 6.92 Å². The molecule has 4 heterocycles. The van der Waals surface area contributed by atoms with Crippen LogP contribution >= 0.6 is 15.9 Å². The molecule has 0 spiro atoms. The van der Waals surface area contributed by atoms with Crippen LogP contribution in [-0.4, -0.2) is 66.0 Å². The summed E-state index contributed by atoms with van der Waals surface area (Å²) in [4.78, 5) is 52.5. The summed E-state index contributed by atoms with van der Waals surface area (Å²) in [6, 6.07) is 9.42. The van der Waals surface area contributed by atoms with Crippen molar-refractivity contribution in [1.29, 1.82) is 0 Å². The van der Waals surface area contributed by atoms with Crippen LogP contribution in [0.2, 0.25) is 0 Å². The molecule has 5 rings (SSSR count). The summed E-state index contributed by atoms with van der Waals surface area (Å²) in [6.45, 7) is 2.72. The summed E-state index contributed by atoms with van der Waals surface area (Å²) >= 11 is 3.24. The smallest absolute Gasteiger partial charge is 0.248 e. The minimum Gasteiger partial charge on any atom is -0.326 e. The first-order chi connectivity index (χ1) is 18.2. The lowest BCUT2D eigenvalue weighted by molar-refractivity contribution is -0.137. The zero-order valence-electron chi connectivity index (χ0n) is 20.6. The third kappa shape index (κ3) is 5.17. The number of carbonyl (C=O) groups excluding carboxylic acids is 3. The number of ketones is 1. The molecule has 0 aliphatic carbocycles. The maximum atomic E-state index is 14.4. The third-order valence-corrected chi connectivity index (χ3v) is 6.76. The fraction of sp³-hybridized carbons (Fsp3) is 0.269. The first-order valence-corrected chi connectivity index (χ1v) is 12.7. The van der Waals surface area contributed by atoms with E-state index in [0.717, 1.165) is 11.1 Å². The number of carbonyl (C=O) groups is 3. The highest BCUT2D eigenvalue weighted by Crippen LogP contribution is 2.28. The molecule has 194 valence electrons. The van der Waals surface area contributed by atoms with Crippen LogP contribution in [-0.2, 0) is 16.1 Å². The average molecular weight is 580 g/mol. The van der Waals surface area contributed by atoms with Crippen LogP contribution in [0.25, 0.3) is 22.0 Å². The molecule has 3 aromatic heterocycles. The number of aryl methyl sites for hydroxylation is 1. The molecule has 12 heteroatoms. The highest BCUT2D eigenvalue weighted by atomic mass is 79.9. The predicted octanol–water partition coefficient (Wildman–Crippen LogP) is 3.74. The van der Waals surface area contributed by atoms with Gasteiger partial charge in [-0.3, -0.25) is 19.1 Å². The SMILES string of the molecule is CC(=O)c1nn(CC(=O)N2CC(F)CC2C(=O)Nc2cccc(Br)n2)c2ccc(-c3cnc(C)nc3)cc12. The quantitative estimate of drug-likeness (QED) is 0.272. The number of rotatable bonds is 6. The lowest BCUT2D eigenvalue weighted by Crippen LogP contribution is -2.44. The van der Waals surface area contributed by atoms with E-state index < -0.39 is 24.0 Å². The summed E-state index contributed by atoms with van der Waals surface area (Å²) in [7, 11) is 0. The van der Waals surface area contributed by atoms with Crippen molar-refractivity contribution in [2.75, 3.05) is 11.9 Å². The van der Waals surface area contributed by atoms with Gasteiger partial charge in [-0.15, -0.1) is 0 Å². The van der Waals surface area contributed by atoms with E-state index in [1.807, 2.05) is 12.1 Å². The fourth-order valence-electron chi connectivity index (χ4n) is 4.50. The summed E-state index contributed by atoms with van der Waals surface area (Å²) in [5.41, 5.74) is 2.34. The largest absolute Gasteiger partial charge is 0.326 e. The molecule has 0 bridgehead atoms. The number of hydrogen-bond acceptors (Lipinski definition) is 7. The van der Waals surface area contributed by atoms with Crippen molar-refractivity contribution < 1.29 is 18.8 Å². The van der Waals surface area contributed by atoms with Crippen molar-refractivity contribution in [3.63, 3.8) is 0 Å². The third-order valence-electron chi connectivity index (χ3n) is 6.32. The highest BCUT2D eigenvalue weighted by molar-refractivity contribution is 9.10. The standard InChI is InChI=1S/C26H23BrFN7O3/c1-14(36)25-19-8-16(17-10-29-15(2)30-11-17)6-7-20(19)35(33-25)13-24(37)34-12-18(28)9-21(34)26(38)32-23-5-3-4-22(27)31-23/h3-8,10-11,18,21H,9,12-13H2,1-2H3,(H,31,32,38). The van der Waals surface area contributed by atoms with Gasteiger partial charge in [0.25, 0.3) is 0 Å². The van der Waals surface area contributed by atoms with Gasteiger partial charge in [-0.25, -0.2) is 19.3 Å². The number of nitrogens with one attached hydrogen (secondary N) is 1. The van der Waals surface area contributed by atoms with Crippen molar-refractivity contribution in [2.24, 2.45) is 0 Å². The van der Waals surface area contributed by atoms with Crippen LogP contribution in [0.15, 0.2) is 53.4 Å². The maximum absolute atomic E-state index is 14.4. The van der Waals surface area contributed by atoms with E-state index in [4.69, 9.17) is 0 Å². The van der Waals surface area contributed by atoms with E-state index in [1.165, 1.54) is 16.5 Å². The Morgan fingerprint density at radius 3 is 2.61 bits per heavy atom. The second-order valence-corrected chi connectivity index (χ2v) is 9.86. The normalized spacial score (nSPS) is 17.1. The van der Waals surface area contributed by atoms with Crippen LogP contribution in [0.3, 0.4) is 0 Å². The molecule has 1 saturated heterocycles. The number of alkyl halides is 1. The maximum Gasteiger partial charge on any atom is 0.248 e. The van der Waals surface area contributed by atoms with Gasteiger partial charge < -0.3 is 10.2 Å². The minimum absolute atomic E-state index is 0.119. The second kappa shape index (κ2) is 10.4. The molecule has 1 aromatic carbocycles. The number of likely N-dealkylation sites (tertiary alicyclic amines) is 1. The Morgan fingerprint density at radius 1 is 1.13 bits per heavy atom. The van der Waals surface area contributed by atoms with E-state index in [2.05, 4.69) is 41.3 Å². The summed E-state index contributed by atoms with van der Waals surface area (Å²) in [6.07, 6.45) is 1.93. The molecule has 4 aromatic rings. The zero-order valence-corrected chi connectivity index (χ0v) is 22.1. The summed E-state index contributed by atoms with van der Waals surface area (Å²) < 4.78 is 16.4. The van der Waals surface area contributed by atoms with Crippen molar-refractivity contribution in [3.05, 3.63) is 64.9 Å². The Balaban J connectivity index is 1.41. The molecule has 2 amide bonds. The van der Waals surface area contributed by atoms with Gasteiger partial charge in [0.05, 0.1) is 12.1 Å². The molecule has 38 heavy (non-hydrogen) atoms. The molecule has 0 radical (unpaired) electrons. The van der Waals surface area contributed by atoms with Gasteiger partial charge in [0.2, 0.25) is 11.8 Å². The molecule has 10 nitrogen and oxygen atoms in total. The van der Waals surface area contributed by atoms with Crippen LogP contribution < -0.4 is 5.32 Å². The molecule has 1 aliphatic rings. The number of pyridine rings is 1. The molecule has 1 aliphatic heterocycles. The first kappa shape index (κ1) is 25.6. The van der Waals surface area contributed by atoms with Gasteiger partial charge >= 0.3 is 0 Å². The van der Waals surface area contributed by atoms with Crippen LogP contribution in [0.1, 0.15) is 29.7 Å². The fourth-order valence-corrected chi connectivity index (χ4v) is 4.84. The number of halogens is 2. The van der Waals surface area contributed by atoms with Crippen molar-refractivity contribution in [2.45, 2.75) is 39.0 Å². The molecule has 1 fully saturated rings. The summed E-state index contributed by atoms with van der Waals surface area (Å²) in [5.74, 6) is -0.338. The van der Waals surface area contributed by atoms with Crippen LogP contribution in [0.5, 0.6) is 0 Å². The van der Waals surface area contributed by atoms with Crippen molar-refractivity contribution in [3.8, 4) is 11.1 Å². The highest BCUT2D eigenvalue weighted by Gasteiger charge is 2.40. The van der Waals surface area contributed by atoms with E-state index in [9.17, 15) is 18.8 Å². The zero-order chi connectivity index (χ0) is 27.0. The van der Waals surface area contributed by atoms with E-state index in [-0.39, 0.29) is 36.8 Å². The van der Waals surface area contributed by atoms with Gasteiger partial charge in [-0.1, -0.05) is 12.1 Å². The Kier molecular flexibility index (Phi) is 6.98. The van der Waals surface area contributed by atoms with Crippen LogP contribution in [0.4, 0.5) is 10.2 Å². The Labute approximate surface area is 225 Å². The lowest BCUT2D eigenvalue weighted by Gasteiger charge is -2.23. The van der Waals surface area contributed by atoms with Gasteiger partial charge in [0.15, 0.2) is 5.78 Å². The number of hydrogen-bond donors (Lipinski definition) is 1. The lowest BCUT2D eigenvalue weighted by atomic mass is 10.0.